The summed E-state index contributed by atoms with van der Waals surface area (Å²) in [7, 11) is 1.24. The Morgan fingerprint density at radius 3 is 2.62 bits per heavy atom. The first-order chi connectivity index (χ1) is 7.57. The van der Waals surface area contributed by atoms with E-state index in [1.807, 2.05) is 0 Å². The molecule has 1 aromatic carbocycles. The van der Waals surface area contributed by atoms with Crippen LogP contribution < -0.4 is 5.32 Å². The number of carbonyl (C=O) groups is 1. The van der Waals surface area contributed by atoms with E-state index in [4.69, 9.17) is 0 Å². The molecule has 0 radical (unpaired) electrons. The molecule has 0 saturated heterocycles. The first-order valence-corrected chi connectivity index (χ1v) is 4.89. The Bertz CT molecular complexity index is 430. The minimum Gasteiger partial charge on any atom is -0.453 e. The van der Waals surface area contributed by atoms with Gasteiger partial charge in [0.05, 0.1) is 12.6 Å². The van der Waals surface area contributed by atoms with Crippen molar-refractivity contribution in [1.82, 2.24) is 5.32 Å². The summed E-state index contributed by atoms with van der Waals surface area (Å²) in [5.74, 6) is -1.27. The Balaban J connectivity index is 2.26. The maximum atomic E-state index is 13.5. The van der Waals surface area contributed by atoms with Gasteiger partial charge in [-0.25, -0.2) is 13.6 Å². The molecule has 1 amide bonds. The van der Waals surface area contributed by atoms with Crippen LogP contribution in [0.25, 0.3) is 0 Å². The molecule has 1 aliphatic carbocycles. The molecule has 3 nitrogen and oxygen atoms in total. The molecule has 0 unspecified atom stereocenters. The summed E-state index contributed by atoms with van der Waals surface area (Å²) in [5.41, 5.74) is -0.412. The monoisotopic (exact) mass is 227 g/mol. The second-order valence-electron chi connectivity index (χ2n) is 3.82. The van der Waals surface area contributed by atoms with Crippen LogP contribution in [0.1, 0.15) is 18.4 Å². The predicted molar refractivity (Wildman–Crippen MR) is 52.8 cm³/mol. The van der Waals surface area contributed by atoms with Gasteiger partial charge in [0, 0.05) is 11.6 Å². The first-order valence-electron chi connectivity index (χ1n) is 4.89. The topological polar surface area (TPSA) is 38.3 Å². The Morgan fingerprint density at radius 2 is 2.12 bits per heavy atom. The molecule has 1 fully saturated rings. The van der Waals surface area contributed by atoms with Crippen molar-refractivity contribution in [2.75, 3.05) is 7.11 Å². The van der Waals surface area contributed by atoms with Crippen molar-refractivity contribution in [3.63, 3.8) is 0 Å². The number of amides is 1. The average Bonchev–Trinajstić information content (AvgIpc) is 2.98. The lowest BCUT2D eigenvalue weighted by Gasteiger charge is -2.17. The number of ether oxygens (including phenoxy) is 1. The largest absolute Gasteiger partial charge is 0.453 e. The maximum absolute atomic E-state index is 13.5. The summed E-state index contributed by atoms with van der Waals surface area (Å²) in [4.78, 5) is 11.1. The lowest BCUT2D eigenvalue weighted by molar-refractivity contribution is 0.165. The number of hydrogen-bond acceptors (Lipinski definition) is 2. The number of alkyl carbamates (subject to hydrolysis) is 1. The number of nitrogens with one attached hydrogen (secondary N) is 1. The first kappa shape index (κ1) is 10.9. The van der Waals surface area contributed by atoms with Crippen molar-refractivity contribution >= 4 is 6.09 Å². The lowest BCUT2D eigenvalue weighted by Crippen LogP contribution is -2.35. The van der Waals surface area contributed by atoms with Gasteiger partial charge in [-0.1, -0.05) is 6.07 Å². The third kappa shape index (κ3) is 1.85. The highest BCUT2D eigenvalue weighted by atomic mass is 19.1. The van der Waals surface area contributed by atoms with Gasteiger partial charge in [-0.15, -0.1) is 0 Å². The van der Waals surface area contributed by atoms with Gasteiger partial charge < -0.3 is 10.1 Å². The quantitative estimate of drug-likeness (QED) is 0.841. The highest BCUT2D eigenvalue weighted by Crippen LogP contribution is 2.46. The van der Waals surface area contributed by atoms with Gasteiger partial charge in [0.15, 0.2) is 0 Å². The van der Waals surface area contributed by atoms with Crippen LogP contribution in [-0.2, 0) is 10.3 Å². The molecule has 0 aliphatic heterocycles. The van der Waals surface area contributed by atoms with Gasteiger partial charge in [0.1, 0.15) is 11.6 Å². The van der Waals surface area contributed by atoms with Crippen molar-refractivity contribution in [3.05, 3.63) is 35.4 Å². The normalized spacial score (nSPS) is 16.7. The van der Waals surface area contributed by atoms with Crippen molar-refractivity contribution in [2.45, 2.75) is 18.4 Å². The number of halogens is 2. The minimum atomic E-state index is -0.717. The van der Waals surface area contributed by atoms with Crippen LogP contribution in [0.3, 0.4) is 0 Å². The summed E-state index contributed by atoms with van der Waals surface area (Å²) < 4.78 is 30.7. The molecule has 2 rings (SSSR count). The minimum absolute atomic E-state index is 0.305. The van der Waals surface area contributed by atoms with E-state index in [9.17, 15) is 13.6 Å². The van der Waals surface area contributed by atoms with E-state index in [0.29, 0.717) is 18.4 Å². The fourth-order valence-corrected chi connectivity index (χ4v) is 1.71. The summed E-state index contributed by atoms with van der Waals surface area (Å²) in [6.45, 7) is 0. The molecular weight excluding hydrogens is 216 g/mol. The van der Waals surface area contributed by atoms with Gasteiger partial charge in [0.2, 0.25) is 0 Å². The van der Waals surface area contributed by atoms with Gasteiger partial charge >= 0.3 is 6.09 Å². The van der Waals surface area contributed by atoms with E-state index in [0.717, 1.165) is 6.07 Å². The van der Waals surface area contributed by atoms with E-state index in [-0.39, 0.29) is 0 Å². The van der Waals surface area contributed by atoms with Gasteiger partial charge in [0.25, 0.3) is 0 Å². The van der Waals surface area contributed by atoms with Crippen molar-refractivity contribution in [3.8, 4) is 0 Å². The Hall–Kier alpha value is -1.65. The van der Waals surface area contributed by atoms with Crippen molar-refractivity contribution in [1.29, 1.82) is 0 Å². The van der Waals surface area contributed by atoms with Crippen LogP contribution in [0.15, 0.2) is 18.2 Å². The molecule has 0 aromatic heterocycles. The summed E-state index contributed by atoms with van der Waals surface area (Å²) >= 11 is 0. The van der Waals surface area contributed by atoms with Gasteiger partial charge in [-0.3, -0.25) is 0 Å². The second kappa shape index (κ2) is 3.73. The van der Waals surface area contributed by atoms with E-state index in [1.165, 1.54) is 19.2 Å². The third-order valence-electron chi connectivity index (χ3n) is 2.72. The van der Waals surface area contributed by atoms with Gasteiger partial charge in [-0.2, -0.15) is 0 Å². The van der Waals surface area contributed by atoms with E-state index >= 15 is 0 Å². The number of methoxy groups -OCH3 is 1. The molecule has 1 saturated carbocycles. The van der Waals surface area contributed by atoms with Crippen LogP contribution in [0, 0.1) is 11.6 Å². The van der Waals surface area contributed by atoms with Crippen LogP contribution in [0.2, 0.25) is 0 Å². The maximum Gasteiger partial charge on any atom is 0.407 e. The lowest BCUT2D eigenvalue weighted by atomic mass is 10.0. The van der Waals surface area contributed by atoms with E-state index in [1.54, 1.807) is 0 Å². The molecule has 16 heavy (non-hydrogen) atoms. The third-order valence-corrected chi connectivity index (χ3v) is 2.72. The standard InChI is InChI=1S/C11H11F2NO2/c1-16-10(15)14-11(4-5-11)8-3-2-7(12)6-9(8)13/h2-3,6H,4-5H2,1H3,(H,14,15). The van der Waals surface area contributed by atoms with Crippen LogP contribution in [0.4, 0.5) is 13.6 Å². The fourth-order valence-electron chi connectivity index (χ4n) is 1.71. The molecule has 0 spiro atoms. The summed E-state index contributed by atoms with van der Waals surface area (Å²) in [6.07, 6.45) is 0.649. The smallest absolute Gasteiger partial charge is 0.407 e. The zero-order chi connectivity index (χ0) is 11.8. The molecule has 0 atom stereocenters. The highest BCUT2D eigenvalue weighted by Gasteiger charge is 2.47. The predicted octanol–water partition coefficient (Wildman–Crippen LogP) is 2.31. The van der Waals surface area contributed by atoms with Crippen LogP contribution in [0.5, 0.6) is 0 Å². The zero-order valence-corrected chi connectivity index (χ0v) is 8.72. The Kier molecular flexibility index (Phi) is 2.53. The molecule has 0 heterocycles. The number of hydrogen-bond donors (Lipinski definition) is 1. The zero-order valence-electron chi connectivity index (χ0n) is 8.72. The molecule has 0 bridgehead atoms. The van der Waals surface area contributed by atoms with E-state index in [2.05, 4.69) is 10.1 Å². The highest BCUT2D eigenvalue weighted by molar-refractivity contribution is 5.69. The Labute approximate surface area is 91.4 Å². The number of rotatable bonds is 2. The molecular formula is C11H11F2NO2. The molecule has 86 valence electrons. The summed E-state index contributed by atoms with van der Waals surface area (Å²) in [6, 6.07) is 3.35. The number of benzene rings is 1. The molecule has 1 aromatic rings. The van der Waals surface area contributed by atoms with Crippen LogP contribution >= 0.6 is 0 Å². The molecule has 1 N–H and O–H groups in total. The van der Waals surface area contributed by atoms with Crippen molar-refractivity contribution in [2.24, 2.45) is 0 Å². The van der Waals surface area contributed by atoms with Crippen molar-refractivity contribution < 1.29 is 18.3 Å². The summed E-state index contributed by atoms with van der Waals surface area (Å²) in [5, 5.41) is 2.57. The Morgan fingerprint density at radius 1 is 1.44 bits per heavy atom. The molecule has 1 aliphatic rings. The van der Waals surface area contributed by atoms with Crippen LogP contribution in [-0.4, -0.2) is 13.2 Å². The fraction of sp³-hybridized carbons (Fsp3) is 0.364. The van der Waals surface area contributed by atoms with Gasteiger partial charge in [-0.05, 0) is 18.9 Å². The molecule has 5 heteroatoms. The van der Waals surface area contributed by atoms with E-state index < -0.39 is 23.3 Å². The average molecular weight is 227 g/mol. The second-order valence-corrected chi connectivity index (χ2v) is 3.82. The SMILES string of the molecule is COC(=O)NC1(c2ccc(F)cc2F)CC1. The number of carbonyl (C=O) groups excluding carboxylic acids is 1.